The predicted octanol–water partition coefficient (Wildman–Crippen LogP) is -0.820. The van der Waals surface area contributed by atoms with Crippen molar-refractivity contribution in [2.45, 2.75) is 52.1 Å². The molecule has 0 heterocycles. The number of nitrogens with zero attached hydrogens (tertiary/aromatic N) is 2. The first-order valence-corrected chi connectivity index (χ1v) is 11.7. The smallest absolute Gasteiger partial charge is 0.0701 e. The van der Waals surface area contributed by atoms with Gasteiger partial charge in [0, 0.05) is 39.3 Å². The molecule has 0 aromatic rings. The van der Waals surface area contributed by atoms with Gasteiger partial charge in [0.25, 0.3) is 0 Å². The fraction of sp³-hybridized carbons (Fsp3) is 1.00. The van der Waals surface area contributed by atoms with Crippen molar-refractivity contribution in [2.24, 2.45) is 0 Å². The summed E-state index contributed by atoms with van der Waals surface area (Å²) in [7, 11) is 0. The van der Waals surface area contributed by atoms with Crippen LogP contribution in [0.25, 0.3) is 0 Å². The molecule has 0 aliphatic rings. The van der Waals surface area contributed by atoms with Crippen LogP contribution in [0.5, 0.6) is 0 Å². The Morgan fingerprint density at radius 2 is 0.688 bits per heavy atom. The third-order valence-electron chi connectivity index (χ3n) is 4.77. The van der Waals surface area contributed by atoms with E-state index in [1.165, 1.54) is 0 Å². The minimum atomic E-state index is -0.0423. The molecule has 0 spiro atoms. The molecule has 0 aliphatic heterocycles. The molecule has 0 saturated heterocycles. The quantitative estimate of drug-likeness (QED) is 0.151. The van der Waals surface area contributed by atoms with Crippen LogP contribution in [0.1, 0.15) is 27.7 Å². The van der Waals surface area contributed by atoms with Crippen LogP contribution < -0.4 is 0 Å². The maximum atomic E-state index is 9.01. The molecule has 0 aliphatic carbocycles. The van der Waals surface area contributed by atoms with Crippen molar-refractivity contribution in [1.29, 1.82) is 0 Å². The number of hydrogen-bond acceptors (Lipinski definition) is 10. The molecule has 4 unspecified atom stereocenters. The molecule has 0 aromatic carbocycles. The van der Waals surface area contributed by atoms with Crippen molar-refractivity contribution < 1.29 is 39.4 Å². The number of aliphatic hydroxyl groups is 4. The molecule has 32 heavy (non-hydrogen) atoms. The zero-order valence-electron chi connectivity index (χ0n) is 20.5. The maximum Gasteiger partial charge on any atom is 0.0701 e. The molecule has 0 rings (SSSR count). The van der Waals surface area contributed by atoms with Gasteiger partial charge in [-0.25, -0.2) is 0 Å². The van der Waals surface area contributed by atoms with Crippen molar-refractivity contribution in [1.82, 2.24) is 9.80 Å². The van der Waals surface area contributed by atoms with E-state index in [4.69, 9.17) is 39.4 Å². The molecular formula is C22H48N2O8. The summed E-state index contributed by atoms with van der Waals surface area (Å²) in [4.78, 5) is 4.52. The SMILES string of the molecule is CC(CN(CCN(CC(C)OCCO)CC(C)OCCO)CC(C)OCCO)OCCO. The van der Waals surface area contributed by atoms with Crippen LogP contribution in [0.4, 0.5) is 0 Å². The van der Waals surface area contributed by atoms with E-state index in [2.05, 4.69) is 9.80 Å². The molecule has 0 amide bonds. The summed E-state index contributed by atoms with van der Waals surface area (Å²) in [6.07, 6.45) is -0.169. The van der Waals surface area contributed by atoms with Crippen LogP contribution >= 0.6 is 0 Å². The maximum absolute atomic E-state index is 9.01. The van der Waals surface area contributed by atoms with Crippen molar-refractivity contribution in [3.63, 3.8) is 0 Å². The second-order valence-electron chi connectivity index (χ2n) is 8.14. The summed E-state index contributed by atoms with van der Waals surface area (Å²) in [6, 6.07) is 0. The highest BCUT2D eigenvalue weighted by atomic mass is 16.5. The van der Waals surface area contributed by atoms with E-state index < -0.39 is 0 Å². The molecule has 10 heteroatoms. The van der Waals surface area contributed by atoms with Gasteiger partial charge >= 0.3 is 0 Å². The summed E-state index contributed by atoms with van der Waals surface area (Å²) >= 11 is 0. The Balaban J connectivity index is 4.98. The van der Waals surface area contributed by atoms with E-state index in [1.54, 1.807) is 0 Å². The first-order valence-electron chi connectivity index (χ1n) is 11.7. The lowest BCUT2D eigenvalue weighted by Gasteiger charge is -2.33. The van der Waals surface area contributed by atoms with Crippen LogP contribution in [-0.4, -0.2) is 147 Å². The largest absolute Gasteiger partial charge is 0.394 e. The first kappa shape index (κ1) is 31.6. The minimum absolute atomic E-state index is 0.00834. The lowest BCUT2D eigenvalue weighted by molar-refractivity contribution is -0.0232. The highest BCUT2D eigenvalue weighted by molar-refractivity contribution is 4.72. The molecule has 0 fully saturated rings. The van der Waals surface area contributed by atoms with Crippen molar-refractivity contribution >= 4 is 0 Å². The zero-order valence-corrected chi connectivity index (χ0v) is 20.5. The summed E-state index contributed by atoms with van der Waals surface area (Å²) in [6.45, 7) is 13.4. The third kappa shape index (κ3) is 18.1. The van der Waals surface area contributed by atoms with E-state index in [0.717, 1.165) is 13.1 Å². The number of ether oxygens (including phenoxy) is 4. The number of hydrogen-bond donors (Lipinski definition) is 4. The Labute approximate surface area is 194 Å². The molecule has 194 valence electrons. The highest BCUT2D eigenvalue weighted by Gasteiger charge is 2.19. The van der Waals surface area contributed by atoms with Gasteiger partial charge in [-0.2, -0.15) is 0 Å². The van der Waals surface area contributed by atoms with Gasteiger partial charge in [-0.05, 0) is 27.7 Å². The van der Waals surface area contributed by atoms with Crippen LogP contribution in [0, 0.1) is 0 Å². The fourth-order valence-corrected chi connectivity index (χ4v) is 3.48. The molecule has 0 bridgehead atoms. The minimum Gasteiger partial charge on any atom is -0.394 e. The fourth-order valence-electron chi connectivity index (χ4n) is 3.48. The van der Waals surface area contributed by atoms with Crippen molar-refractivity contribution in [3.05, 3.63) is 0 Å². The Morgan fingerprint density at radius 3 is 0.875 bits per heavy atom. The predicted molar refractivity (Wildman–Crippen MR) is 123 cm³/mol. The van der Waals surface area contributed by atoms with Gasteiger partial charge in [0.05, 0.1) is 77.3 Å². The Morgan fingerprint density at radius 1 is 0.469 bits per heavy atom. The summed E-state index contributed by atoms with van der Waals surface area (Å²) in [5.74, 6) is 0. The third-order valence-corrected chi connectivity index (χ3v) is 4.77. The van der Waals surface area contributed by atoms with E-state index in [9.17, 15) is 0 Å². The van der Waals surface area contributed by atoms with Crippen molar-refractivity contribution in [2.75, 3.05) is 92.1 Å². The average molecular weight is 469 g/mol. The Hall–Kier alpha value is -0.400. The van der Waals surface area contributed by atoms with E-state index in [-0.39, 0.29) is 50.8 Å². The zero-order chi connectivity index (χ0) is 24.2. The Bertz CT molecular complexity index is 340. The van der Waals surface area contributed by atoms with Gasteiger partial charge in [-0.1, -0.05) is 0 Å². The van der Waals surface area contributed by atoms with Crippen molar-refractivity contribution in [3.8, 4) is 0 Å². The number of rotatable bonds is 23. The molecule has 10 nitrogen and oxygen atoms in total. The van der Waals surface area contributed by atoms with Crippen LogP contribution in [0.15, 0.2) is 0 Å². The van der Waals surface area contributed by atoms with Gasteiger partial charge in [0.15, 0.2) is 0 Å². The van der Waals surface area contributed by atoms with E-state index in [1.807, 2.05) is 27.7 Å². The molecular weight excluding hydrogens is 420 g/mol. The van der Waals surface area contributed by atoms with Crippen LogP contribution in [0.3, 0.4) is 0 Å². The standard InChI is InChI=1S/C22H48N2O8/c1-19(29-11-7-25)15-23(16-20(2)30-12-8-26)5-6-24(17-21(3)31-13-9-27)18-22(4)32-14-10-28/h19-22,25-28H,5-18H2,1-4H3. The lowest BCUT2D eigenvalue weighted by Crippen LogP contribution is -2.46. The average Bonchev–Trinajstić information content (AvgIpc) is 2.76. The molecule has 0 radical (unpaired) electrons. The highest BCUT2D eigenvalue weighted by Crippen LogP contribution is 2.06. The van der Waals surface area contributed by atoms with Gasteiger partial charge in [-0.15, -0.1) is 0 Å². The van der Waals surface area contributed by atoms with Gasteiger partial charge < -0.3 is 39.4 Å². The molecule has 4 N–H and O–H groups in total. The Kier molecular flexibility index (Phi) is 20.9. The topological polar surface area (TPSA) is 124 Å². The molecule has 0 aromatic heterocycles. The van der Waals surface area contributed by atoms with E-state index in [0.29, 0.717) is 52.6 Å². The van der Waals surface area contributed by atoms with Crippen LogP contribution in [-0.2, 0) is 18.9 Å². The normalized spacial score (nSPS) is 15.9. The second-order valence-corrected chi connectivity index (χ2v) is 8.14. The van der Waals surface area contributed by atoms with E-state index >= 15 is 0 Å². The summed E-state index contributed by atoms with van der Waals surface area (Å²) < 4.78 is 22.5. The molecule has 0 saturated carbocycles. The van der Waals surface area contributed by atoms with Gasteiger partial charge in [-0.3, -0.25) is 9.80 Å². The summed E-state index contributed by atoms with van der Waals surface area (Å²) in [5, 5.41) is 36.1. The monoisotopic (exact) mass is 468 g/mol. The van der Waals surface area contributed by atoms with Gasteiger partial charge in [0.1, 0.15) is 0 Å². The summed E-state index contributed by atoms with van der Waals surface area (Å²) in [5.41, 5.74) is 0. The number of aliphatic hydroxyl groups excluding tert-OH is 4. The van der Waals surface area contributed by atoms with Crippen LogP contribution in [0.2, 0.25) is 0 Å². The molecule has 4 atom stereocenters. The second kappa shape index (κ2) is 21.2. The lowest BCUT2D eigenvalue weighted by atomic mass is 10.2. The van der Waals surface area contributed by atoms with Gasteiger partial charge in [0.2, 0.25) is 0 Å². The first-order chi connectivity index (χ1) is 15.4.